The van der Waals surface area contributed by atoms with Crippen molar-refractivity contribution >= 4 is 28.0 Å². The zero-order valence-electron chi connectivity index (χ0n) is 17.9. The third kappa shape index (κ3) is 3.64. The lowest BCUT2D eigenvalue weighted by Gasteiger charge is -2.28. The van der Waals surface area contributed by atoms with Gasteiger partial charge in [-0.15, -0.1) is 0 Å². The van der Waals surface area contributed by atoms with Gasteiger partial charge in [0.25, 0.3) is 5.56 Å². The number of aromatic amines is 1. The van der Waals surface area contributed by atoms with Crippen molar-refractivity contribution in [3.05, 3.63) is 76.1 Å². The highest BCUT2D eigenvalue weighted by Gasteiger charge is 2.27. The number of pyridine rings is 1. The predicted molar refractivity (Wildman–Crippen MR) is 121 cm³/mol. The Labute approximate surface area is 184 Å². The average molecular weight is 428 g/mol. The number of rotatable bonds is 5. The number of fused-ring (bicyclic) bond motifs is 2. The molecule has 0 unspecified atom stereocenters. The Morgan fingerprint density at radius 2 is 1.84 bits per heavy atom. The van der Waals surface area contributed by atoms with Gasteiger partial charge in [0.05, 0.1) is 17.3 Å². The number of ketones is 2. The molecule has 32 heavy (non-hydrogen) atoms. The molecule has 7 nitrogen and oxygen atoms in total. The average Bonchev–Trinajstić information content (AvgIpc) is 3.24. The second-order valence-corrected chi connectivity index (χ2v) is 8.67. The standard InChI is InChI=1S/C25H24N4O3/c1-15(30)18-10-11-29-21(14-26-23(29)13-18)22(31)12-16-6-8-17(9-7-16)24-19-4-2-3-5-20(19)25(32)28-27-24/h2-5,10-11,13-14,16-17H,6-9,12H2,1H3,(H,28,32)/t16-,17-. The maximum absolute atomic E-state index is 13.0. The number of nitrogens with one attached hydrogen (secondary N) is 1. The molecule has 3 aromatic heterocycles. The number of carbonyl (C=O) groups is 2. The van der Waals surface area contributed by atoms with Crippen LogP contribution in [0.2, 0.25) is 0 Å². The van der Waals surface area contributed by atoms with E-state index in [4.69, 9.17) is 0 Å². The summed E-state index contributed by atoms with van der Waals surface area (Å²) in [6.07, 6.45) is 7.59. The highest BCUT2D eigenvalue weighted by atomic mass is 16.1. The molecule has 1 fully saturated rings. The number of imidazole rings is 1. The first-order valence-electron chi connectivity index (χ1n) is 11.0. The van der Waals surface area contributed by atoms with Crippen LogP contribution in [0.5, 0.6) is 0 Å². The quantitative estimate of drug-likeness (QED) is 0.478. The van der Waals surface area contributed by atoms with Gasteiger partial charge in [0.15, 0.2) is 11.6 Å². The fourth-order valence-electron chi connectivity index (χ4n) is 4.86. The van der Waals surface area contributed by atoms with Crippen molar-refractivity contribution in [1.82, 2.24) is 19.6 Å². The molecule has 1 aliphatic carbocycles. The Morgan fingerprint density at radius 1 is 1.09 bits per heavy atom. The summed E-state index contributed by atoms with van der Waals surface area (Å²) in [4.78, 5) is 41.0. The van der Waals surface area contributed by atoms with E-state index in [-0.39, 0.29) is 23.0 Å². The van der Waals surface area contributed by atoms with Gasteiger partial charge in [0.2, 0.25) is 0 Å². The minimum absolute atomic E-state index is 0.0232. The minimum Gasteiger partial charge on any atom is -0.297 e. The predicted octanol–water partition coefficient (Wildman–Crippen LogP) is 4.32. The number of carbonyl (C=O) groups excluding carboxylic acids is 2. The van der Waals surface area contributed by atoms with Gasteiger partial charge in [0, 0.05) is 29.5 Å². The molecule has 0 bridgehead atoms. The molecule has 1 aliphatic rings. The summed E-state index contributed by atoms with van der Waals surface area (Å²) in [5.41, 5.74) is 2.55. The lowest BCUT2D eigenvalue weighted by atomic mass is 9.77. The first-order chi connectivity index (χ1) is 15.5. The summed E-state index contributed by atoms with van der Waals surface area (Å²) in [5, 5.41) is 8.61. The Bertz CT molecular complexity index is 1390. The van der Waals surface area contributed by atoms with Crippen molar-refractivity contribution in [2.45, 2.75) is 44.9 Å². The van der Waals surface area contributed by atoms with Crippen molar-refractivity contribution < 1.29 is 9.59 Å². The first kappa shape index (κ1) is 20.3. The third-order valence-corrected chi connectivity index (χ3v) is 6.64. The molecule has 0 spiro atoms. The molecule has 1 saturated carbocycles. The van der Waals surface area contributed by atoms with Crippen LogP contribution in [-0.4, -0.2) is 31.1 Å². The topological polar surface area (TPSA) is 97.2 Å². The molecule has 0 amide bonds. The van der Waals surface area contributed by atoms with Crippen molar-refractivity contribution in [2.75, 3.05) is 0 Å². The number of aromatic nitrogens is 4. The first-order valence-corrected chi connectivity index (χ1v) is 11.0. The summed E-state index contributed by atoms with van der Waals surface area (Å²) in [6.45, 7) is 1.52. The van der Waals surface area contributed by atoms with Crippen LogP contribution < -0.4 is 5.56 Å². The van der Waals surface area contributed by atoms with E-state index in [0.29, 0.717) is 34.6 Å². The number of hydrogen-bond donors (Lipinski definition) is 1. The van der Waals surface area contributed by atoms with Crippen LogP contribution in [0, 0.1) is 5.92 Å². The summed E-state index contributed by atoms with van der Waals surface area (Å²) >= 11 is 0. The fraction of sp³-hybridized carbons (Fsp3) is 0.320. The van der Waals surface area contributed by atoms with E-state index in [2.05, 4.69) is 15.2 Å². The van der Waals surface area contributed by atoms with Crippen LogP contribution in [0.1, 0.15) is 71.5 Å². The second kappa shape index (κ2) is 8.15. The molecule has 3 heterocycles. The Morgan fingerprint density at radius 3 is 2.59 bits per heavy atom. The van der Waals surface area contributed by atoms with Crippen molar-refractivity contribution in [3.8, 4) is 0 Å². The van der Waals surface area contributed by atoms with Crippen LogP contribution in [0.25, 0.3) is 16.4 Å². The highest BCUT2D eigenvalue weighted by molar-refractivity contribution is 5.97. The Kier molecular flexibility index (Phi) is 5.17. The molecule has 1 aromatic carbocycles. The summed E-state index contributed by atoms with van der Waals surface area (Å²) in [6, 6.07) is 11.0. The maximum Gasteiger partial charge on any atom is 0.272 e. The fourth-order valence-corrected chi connectivity index (χ4v) is 4.86. The maximum atomic E-state index is 13.0. The van der Waals surface area contributed by atoms with Crippen LogP contribution in [0.15, 0.2) is 53.6 Å². The van der Waals surface area contributed by atoms with Crippen molar-refractivity contribution in [2.24, 2.45) is 5.92 Å². The molecular formula is C25H24N4O3. The molecule has 0 atom stereocenters. The van der Waals surface area contributed by atoms with Gasteiger partial charge in [-0.05, 0) is 56.7 Å². The molecule has 0 radical (unpaired) electrons. The zero-order valence-corrected chi connectivity index (χ0v) is 17.9. The minimum atomic E-state index is -0.160. The number of benzene rings is 1. The van der Waals surface area contributed by atoms with E-state index in [0.717, 1.165) is 36.8 Å². The third-order valence-electron chi connectivity index (χ3n) is 6.64. The smallest absolute Gasteiger partial charge is 0.272 e. The van der Waals surface area contributed by atoms with Crippen LogP contribution >= 0.6 is 0 Å². The second-order valence-electron chi connectivity index (χ2n) is 8.67. The van der Waals surface area contributed by atoms with Gasteiger partial charge in [-0.1, -0.05) is 18.2 Å². The molecule has 0 saturated heterocycles. The summed E-state index contributed by atoms with van der Waals surface area (Å²) in [5.74, 6) is 0.646. The zero-order chi connectivity index (χ0) is 22.2. The van der Waals surface area contributed by atoms with E-state index >= 15 is 0 Å². The van der Waals surface area contributed by atoms with Crippen LogP contribution in [0.3, 0.4) is 0 Å². The van der Waals surface area contributed by atoms with Gasteiger partial charge >= 0.3 is 0 Å². The van der Waals surface area contributed by atoms with Gasteiger partial charge in [-0.25, -0.2) is 10.1 Å². The lowest BCUT2D eigenvalue weighted by molar-refractivity contribution is 0.0941. The van der Waals surface area contributed by atoms with Gasteiger partial charge in [-0.3, -0.25) is 18.8 Å². The highest BCUT2D eigenvalue weighted by Crippen LogP contribution is 2.38. The largest absolute Gasteiger partial charge is 0.297 e. The normalized spacial score (nSPS) is 18.8. The Hall–Kier alpha value is -3.61. The number of H-pyrrole nitrogens is 1. The van der Waals surface area contributed by atoms with Gasteiger partial charge in [-0.2, -0.15) is 5.10 Å². The van der Waals surface area contributed by atoms with Gasteiger partial charge < -0.3 is 0 Å². The molecule has 5 rings (SSSR count). The summed E-state index contributed by atoms with van der Waals surface area (Å²) < 4.78 is 1.76. The van der Waals surface area contributed by atoms with Crippen LogP contribution in [0.4, 0.5) is 0 Å². The van der Waals surface area contributed by atoms with E-state index in [1.807, 2.05) is 24.3 Å². The number of Topliss-reactive ketones (excluding diaryl/α,β-unsaturated/α-hetero) is 2. The van der Waals surface area contributed by atoms with E-state index in [9.17, 15) is 14.4 Å². The van der Waals surface area contributed by atoms with Crippen molar-refractivity contribution in [3.63, 3.8) is 0 Å². The van der Waals surface area contributed by atoms with E-state index < -0.39 is 0 Å². The van der Waals surface area contributed by atoms with E-state index in [1.165, 1.54) is 6.92 Å². The molecule has 1 N–H and O–H groups in total. The lowest BCUT2D eigenvalue weighted by Crippen LogP contribution is -2.20. The monoisotopic (exact) mass is 428 g/mol. The van der Waals surface area contributed by atoms with E-state index in [1.54, 1.807) is 28.9 Å². The van der Waals surface area contributed by atoms with Crippen molar-refractivity contribution in [1.29, 1.82) is 0 Å². The number of nitrogens with zero attached hydrogens (tertiary/aromatic N) is 3. The Balaban J connectivity index is 1.28. The molecule has 7 heteroatoms. The SMILES string of the molecule is CC(=O)c1ccn2c(C(=O)C[C@H]3CC[C@H](c4n[nH]c(=O)c5ccccc54)CC3)cnc2c1. The molecule has 4 aromatic rings. The molecular weight excluding hydrogens is 404 g/mol. The molecule has 162 valence electrons. The van der Waals surface area contributed by atoms with Gasteiger partial charge in [0.1, 0.15) is 11.3 Å². The van der Waals surface area contributed by atoms with Crippen LogP contribution in [-0.2, 0) is 0 Å². The molecule has 0 aliphatic heterocycles. The summed E-state index contributed by atoms with van der Waals surface area (Å²) in [7, 11) is 0. The number of hydrogen-bond acceptors (Lipinski definition) is 5.